The van der Waals surface area contributed by atoms with Crippen LogP contribution < -0.4 is 11.5 Å². The molecule has 0 aliphatic rings. The van der Waals surface area contributed by atoms with E-state index in [0.29, 0.717) is 0 Å². The molecule has 1 rings (SSSR count). The highest BCUT2D eigenvalue weighted by atomic mass is 16.5. The van der Waals surface area contributed by atoms with Gasteiger partial charge in [0.25, 0.3) is 11.8 Å². The summed E-state index contributed by atoms with van der Waals surface area (Å²) >= 11 is 0. The highest BCUT2D eigenvalue weighted by Gasteiger charge is 2.17. The Morgan fingerprint density at radius 3 is 2.50 bits per heavy atom. The van der Waals surface area contributed by atoms with Crippen molar-refractivity contribution in [1.82, 2.24) is 0 Å². The Balaban J connectivity index is 3.12. The zero-order valence-corrected chi connectivity index (χ0v) is 7.57. The second kappa shape index (κ2) is 3.93. The summed E-state index contributed by atoms with van der Waals surface area (Å²) in [4.78, 5) is 21.6. The van der Waals surface area contributed by atoms with Gasteiger partial charge < -0.3 is 20.6 Å². The van der Waals surface area contributed by atoms with Crippen LogP contribution in [0.5, 0.6) is 0 Å². The van der Waals surface area contributed by atoms with Crippen LogP contribution in [0.15, 0.2) is 10.5 Å². The topological polar surface area (TPSA) is 109 Å². The monoisotopic (exact) mass is 198 g/mol. The van der Waals surface area contributed by atoms with Crippen LogP contribution in [0.3, 0.4) is 0 Å². The van der Waals surface area contributed by atoms with E-state index in [-0.39, 0.29) is 23.7 Å². The van der Waals surface area contributed by atoms with Crippen molar-refractivity contribution in [3.63, 3.8) is 0 Å². The van der Waals surface area contributed by atoms with Gasteiger partial charge in [0.05, 0.1) is 5.56 Å². The minimum absolute atomic E-state index is 0.0611. The Kier molecular flexibility index (Phi) is 2.88. The number of carbonyl (C=O) groups is 2. The first-order valence-electron chi connectivity index (χ1n) is 3.77. The van der Waals surface area contributed by atoms with Gasteiger partial charge in [0.1, 0.15) is 12.4 Å². The zero-order valence-electron chi connectivity index (χ0n) is 7.57. The average Bonchev–Trinajstić information content (AvgIpc) is 2.49. The van der Waals surface area contributed by atoms with E-state index in [1.54, 1.807) is 0 Å². The fourth-order valence-electron chi connectivity index (χ4n) is 0.997. The van der Waals surface area contributed by atoms with Gasteiger partial charge in [-0.05, 0) is 0 Å². The third kappa shape index (κ3) is 1.91. The molecule has 1 heterocycles. The average molecular weight is 198 g/mol. The molecule has 0 saturated heterocycles. The molecule has 0 aliphatic heterocycles. The van der Waals surface area contributed by atoms with Gasteiger partial charge in [-0.3, -0.25) is 9.59 Å². The highest BCUT2D eigenvalue weighted by Crippen LogP contribution is 2.15. The van der Waals surface area contributed by atoms with Gasteiger partial charge in [-0.2, -0.15) is 0 Å². The van der Waals surface area contributed by atoms with Gasteiger partial charge in [0.15, 0.2) is 5.76 Å². The number of methoxy groups -OCH3 is 1. The van der Waals surface area contributed by atoms with Crippen molar-refractivity contribution in [3.05, 3.63) is 23.2 Å². The fraction of sp³-hybridized carbons (Fsp3) is 0.250. The number of rotatable bonds is 4. The van der Waals surface area contributed by atoms with Gasteiger partial charge in [-0.1, -0.05) is 0 Å². The lowest BCUT2D eigenvalue weighted by Gasteiger charge is -1.95. The molecule has 0 aliphatic carbocycles. The molecule has 0 aromatic carbocycles. The van der Waals surface area contributed by atoms with E-state index in [2.05, 4.69) is 0 Å². The van der Waals surface area contributed by atoms with Gasteiger partial charge in [-0.25, -0.2) is 0 Å². The quantitative estimate of drug-likeness (QED) is 0.687. The van der Waals surface area contributed by atoms with Crippen LogP contribution in [0, 0.1) is 0 Å². The molecule has 14 heavy (non-hydrogen) atoms. The van der Waals surface area contributed by atoms with Crippen molar-refractivity contribution >= 4 is 11.8 Å². The van der Waals surface area contributed by atoms with E-state index in [9.17, 15) is 9.59 Å². The number of nitrogens with two attached hydrogens (primary N) is 2. The first-order valence-corrected chi connectivity index (χ1v) is 3.77. The fourth-order valence-corrected chi connectivity index (χ4v) is 0.997. The van der Waals surface area contributed by atoms with E-state index < -0.39 is 11.8 Å². The maximum atomic E-state index is 10.9. The Hall–Kier alpha value is -1.82. The van der Waals surface area contributed by atoms with Gasteiger partial charge in [0.2, 0.25) is 0 Å². The molecule has 1 aromatic rings. The minimum Gasteiger partial charge on any atom is -0.453 e. The van der Waals surface area contributed by atoms with Crippen LogP contribution in [0.25, 0.3) is 0 Å². The smallest absolute Gasteiger partial charge is 0.284 e. The molecule has 0 fully saturated rings. The standard InChI is InChI=1S/C8H10N2O4/c1-13-3-6-4(7(9)11)2-5(14-6)8(10)12/h2H,3H2,1H3,(H2,9,11)(H2,10,12). The molecule has 0 spiro atoms. The molecule has 0 radical (unpaired) electrons. The zero-order chi connectivity index (χ0) is 10.7. The number of ether oxygens (including phenoxy) is 1. The molecular formula is C8H10N2O4. The van der Waals surface area contributed by atoms with Crippen LogP contribution in [-0.4, -0.2) is 18.9 Å². The maximum absolute atomic E-state index is 10.9. The van der Waals surface area contributed by atoms with Crippen molar-refractivity contribution in [2.24, 2.45) is 11.5 Å². The molecule has 76 valence electrons. The lowest BCUT2D eigenvalue weighted by molar-refractivity contribution is 0.0957. The molecule has 0 unspecified atom stereocenters. The maximum Gasteiger partial charge on any atom is 0.284 e. The molecule has 6 nitrogen and oxygen atoms in total. The predicted octanol–water partition coefficient (Wildman–Crippen LogP) is -0.376. The highest BCUT2D eigenvalue weighted by molar-refractivity contribution is 5.98. The molecule has 0 bridgehead atoms. The number of hydrogen-bond acceptors (Lipinski definition) is 4. The van der Waals surface area contributed by atoms with Crippen molar-refractivity contribution in [2.75, 3.05) is 7.11 Å². The van der Waals surface area contributed by atoms with Crippen LogP contribution in [0.1, 0.15) is 26.7 Å². The van der Waals surface area contributed by atoms with Crippen molar-refractivity contribution in [2.45, 2.75) is 6.61 Å². The summed E-state index contributed by atoms with van der Waals surface area (Å²) in [5.41, 5.74) is 10.1. The van der Waals surface area contributed by atoms with Gasteiger partial charge in [0, 0.05) is 13.2 Å². The molecule has 0 atom stereocenters. The Labute approximate surface area is 79.8 Å². The second-order valence-corrected chi connectivity index (χ2v) is 2.61. The van der Waals surface area contributed by atoms with E-state index in [1.165, 1.54) is 13.2 Å². The van der Waals surface area contributed by atoms with E-state index in [0.717, 1.165) is 0 Å². The summed E-state index contributed by atoms with van der Waals surface area (Å²) in [7, 11) is 1.43. The van der Waals surface area contributed by atoms with E-state index in [4.69, 9.17) is 20.6 Å². The van der Waals surface area contributed by atoms with Gasteiger partial charge in [-0.15, -0.1) is 0 Å². The Morgan fingerprint density at radius 2 is 2.07 bits per heavy atom. The van der Waals surface area contributed by atoms with Crippen LogP contribution in [0.4, 0.5) is 0 Å². The second-order valence-electron chi connectivity index (χ2n) is 2.61. The SMILES string of the molecule is COCc1oc(C(N)=O)cc1C(N)=O. The molecule has 1 aromatic heterocycles. The van der Waals surface area contributed by atoms with E-state index >= 15 is 0 Å². The first kappa shape index (κ1) is 10.3. The lowest BCUT2D eigenvalue weighted by atomic mass is 10.2. The summed E-state index contributed by atoms with van der Waals surface area (Å²) < 4.78 is 9.74. The Bertz CT molecular complexity index is 369. The normalized spacial score (nSPS) is 10.1. The number of hydrogen-bond donors (Lipinski definition) is 2. The molecule has 2 amide bonds. The molecular weight excluding hydrogens is 188 g/mol. The first-order chi connectivity index (χ1) is 6.56. The van der Waals surface area contributed by atoms with Crippen molar-refractivity contribution in [3.8, 4) is 0 Å². The summed E-state index contributed by atoms with van der Waals surface area (Å²) in [5, 5.41) is 0. The van der Waals surface area contributed by atoms with Crippen LogP contribution in [-0.2, 0) is 11.3 Å². The van der Waals surface area contributed by atoms with Crippen LogP contribution in [0.2, 0.25) is 0 Å². The Morgan fingerprint density at radius 1 is 1.43 bits per heavy atom. The predicted molar refractivity (Wildman–Crippen MR) is 46.5 cm³/mol. The summed E-state index contributed by atoms with van der Waals surface area (Å²) in [5.74, 6) is -1.34. The number of furan rings is 1. The van der Waals surface area contributed by atoms with Gasteiger partial charge >= 0.3 is 0 Å². The summed E-state index contributed by atoms with van der Waals surface area (Å²) in [6.45, 7) is 0.0611. The third-order valence-electron chi connectivity index (χ3n) is 1.59. The number of amides is 2. The molecule has 4 N–H and O–H groups in total. The third-order valence-corrected chi connectivity index (χ3v) is 1.59. The van der Waals surface area contributed by atoms with E-state index in [1.807, 2.05) is 0 Å². The van der Waals surface area contributed by atoms with Crippen molar-refractivity contribution < 1.29 is 18.7 Å². The lowest BCUT2D eigenvalue weighted by Crippen LogP contribution is -2.12. The largest absolute Gasteiger partial charge is 0.453 e. The van der Waals surface area contributed by atoms with Crippen molar-refractivity contribution in [1.29, 1.82) is 0 Å². The molecule has 0 saturated carbocycles. The molecule has 6 heteroatoms. The summed E-state index contributed by atoms with van der Waals surface area (Å²) in [6, 6.07) is 1.21. The minimum atomic E-state index is -0.755. The number of primary amides is 2. The summed E-state index contributed by atoms with van der Waals surface area (Å²) in [6.07, 6.45) is 0. The van der Waals surface area contributed by atoms with Crippen LogP contribution >= 0.6 is 0 Å². The number of carbonyl (C=O) groups excluding carboxylic acids is 2.